The maximum absolute atomic E-state index is 13.1. The van der Waals surface area contributed by atoms with E-state index in [4.69, 9.17) is 4.74 Å². The Morgan fingerprint density at radius 1 is 1.12 bits per heavy atom. The summed E-state index contributed by atoms with van der Waals surface area (Å²) in [7, 11) is 0. The predicted molar refractivity (Wildman–Crippen MR) is 99.1 cm³/mol. The highest BCUT2D eigenvalue weighted by Crippen LogP contribution is 2.15. The van der Waals surface area contributed by atoms with E-state index in [1.807, 2.05) is 36.4 Å². The number of carbonyl (C=O) groups excluding carboxylic acids is 1. The Balaban J connectivity index is 1.53. The molecule has 0 radical (unpaired) electrons. The minimum atomic E-state index is -0.395. The van der Waals surface area contributed by atoms with Gasteiger partial charge in [0.2, 0.25) is 5.91 Å². The van der Waals surface area contributed by atoms with Crippen LogP contribution in [0.5, 0.6) is 5.75 Å². The molecule has 0 saturated heterocycles. The fraction of sp³-hybridized carbons (Fsp3) is 0.0476. The summed E-state index contributed by atoms with van der Waals surface area (Å²) < 4.78 is 18.8. The monoisotopic (exact) mass is 348 g/mol. The molecule has 26 heavy (non-hydrogen) atoms. The maximum Gasteiger partial charge on any atom is 0.248 e. The summed E-state index contributed by atoms with van der Waals surface area (Å²) in [6.45, 7) is 0.444. The zero-order chi connectivity index (χ0) is 18.2. The highest BCUT2D eigenvalue weighted by atomic mass is 19.1. The van der Waals surface area contributed by atoms with E-state index in [-0.39, 0.29) is 5.91 Å². The van der Waals surface area contributed by atoms with E-state index in [1.165, 1.54) is 18.2 Å². The molecule has 3 aromatic rings. The van der Waals surface area contributed by atoms with Crippen molar-refractivity contribution in [2.75, 3.05) is 5.32 Å². The minimum absolute atomic E-state index is 0.326. The Morgan fingerprint density at radius 2 is 1.96 bits per heavy atom. The molecule has 130 valence electrons. The van der Waals surface area contributed by atoms with E-state index >= 15 is 0 Å². The summed E-state index contributed by atoms with van der Waals surface area (Å²) in [5.74, 6) is 0.0105. The average molecular weight is 348 g/mol. The number of nitrogens with zero attached hydrogens (tertiary/aromatic N) is 1. The predicted octanol–water partition coefficient (Wildman–Crippen LogP) is 4.45. The molecule has 1 amide bonds. The third-order valence-electron chi connectivity index (χ3n) is 3.53. The lowest BCUT2D eigenvalue weighted by atomic mass is 10.2. The number of halogens is 1. The molecule has 5 heteroatoms. The van der Waals surface area contributed by atoms with Gasteiger partial charge in [-0.15, -0.1) is 0 Å². The molecular weight excluding hydrogens is 331 g/mol. The zero-order valence-corrected chi connectivity index (χ0v) is 13.9. The van der Waals surface area contributed by atoms with Crippen molar-refractivity contribution in [2.45, 2.75) is 6.61 Å². The second-order valence-corrected chi connectivity index (χ2v) is 5.55. The van der Waals surface area contributed by atoms with Crippen LogP contribution < -0.4 is 10.1 Å². The van der Waals surface area contributed by atoms with Crippen molar-refractivity contribution in [1.82, 2.24) is 4.98 Å². The lowest BCUT2D eigenvalue weighted by molar-refractivity contribution is -0.111. The van der Waals surface area contributed by atoms with Crippen molar-refractivity contribution >= 4 is 17.7 Å². The molecule has 0 aliphatic rings. The van der Waals surface area contributed by atoms with Crippen molar-refractivity contribution < 1.29 is 13.9 Å². The van der Waals surface area contributed by atoms with Crippen molar-refractivity contribution in [1.29, 1.82) is 0 Å². The van der Waals surface area contributed by atoms with Crippen molar-refractivity contribution in [3.05, 3.63) is 96.1 Å². The van der Waals surface area contributed by atoms with Gasteiger partial charge in [0.1, 0.15) is 18.2 Å². The number of carbonyl (C=O) groups is 1. The van der Waals surface area contributed by atoms with E-state index in [2.05, 4.69) is 10.3 Å². The highest BCUT2D eigenvalue weighted by molar-refractivity contribution is 6.01. The first-order chi connectivity index (χ1) is 12.7. The van der Waals surface area contributed by atoms with Gasteiger partial charge < -0.3 is 10.1 Å². The van der Waals surface area contributed by atoms with Gasteiger partial charge in [-0.05, 0) is 48.0 Å². The van der Waals surface area contributed by atoms with Crippen LogP contribution in [0.3, 0.4) is 0 Å². The summed E-state index contributed by atoms with van der Waals surface area (Å²) >= 11 is 0. The fourth-order valence-electron chi connectivity index (χ4n) is 2.25. The van der Waals surface area contributed by atoms with Crippen molar-refractivity contribution in [3.8, 4) is 5.75 Å². The van der Waals surface area contributed by atoms with Crippen LogP contribution in [-0.4, -0.2) is 10.9 Å². The van der Waals surface area contributed by atoms with Crippen LogP contribution in [0.25, 0.3) is 6.08 Å². The van der Waals surface area contributed by atoms with Gasteiger partial charge in [0, 0.05) is 29.7 Å². The molecule has 3 rings (SSSR count). The molecule has 2 aromatic carbocycles. The number of anilines is 1. The van der Waals surface area contributed by atoms with Crippen LogP contribution >= 0.6 is 0 Å². The lowest BCUT2D eigenvalue weighted by Gasteiger charge is -2.06. The third kappa shape index (κ3) is 5.27. The SMILES string of the molecule is O=C(/C=C/c1ccc(OCc2cccnc2)cc1)Nc1cccc(F)c1. The molecule has 0 aliphatic carbocycles. The Labute approximate surface area is 151 Å². The Bertz CT molecular complexity index is 893. The molecule has 1 aromatic heterocycles. The van der Waals surface area contributed by atoms with Crippen LogP contribution in [0.1, 0.15) is 11.1 Å². The average Bonchev–Trinajstić information content (AvgIpc) is 2.66. The second-order valence-electron chi connectivity index (χ2n) is 5.55. The Morgan fingerprint density at radius 3 is 2.69 bits per heavy atom. The third-order valence-corrected chi connectivity index (χ3v) is 3.53. The van der Waals surface area contributed by atoms with Gasteiger partial charge in [0.15, 0.2) is 0 Å². The number of hydrogen-bond acceptors (Lipinski definition) is 3. The molecule has 0 bridgehead atoms. The minimum Gasteiger partial charge on any atom is -0.489 e. The van der Waals surface area contributed by atoms with Crippen LogP contribution in [0, 0.1) is 5.82 Å². The molecular formula is C21H17FN2O2. The number of benzene rings is 2. The number of nitrogens with one attached hydrogen (secondary N) is 1. The Hall–Kier alpha value is -3.47. The second kappa shape index (κ2) is 8.58. The standard InChI is InChI=1S/C21H17FN2O2/c22-18-4-1-5-19(13-18)24-21(25)11-8-16-6-9-20(10-7-16)26-15-17-3-2-12-23-14-17/h1-14H,15H2,(H,24,25)/b11-8+. The number of pyridine rings is 1. The van der Waals surface area contributed by atoms with Crippen molar-refractivity contribution in [3.63, 3.8) is 0 Å². The molecule has 0 saturated carbocycles. The van der Waals surface area contributed by atoms with Gasteiger partial charge in [-0.2, -0.15) is 0 Å². The lowest BCUT2D eigenvalue weighted by Crippen LogP contribution is -2.07. The Kier molecular flexibility index (Phi) is 5.72. The van der Waals surface area contributed by atoms with E-state index < -0.39 is 5.82 Å². The van der Waals surface area contributed by atoms with Gasteiger partial charge >= 0.3 is 0 Å². The van der Waals surface area contributed by atoms with Crippen LogP contribution in [-0.2, 0) is 11.4 Å². The van der Waals surface area contributed by atoms with Gasteiger partial charge in [0.25, 0.3) is 0 Å². The molecule has 0 aliphatic heterocycles. The van der Waals surface area contributed by atoms with E-state index in [1.54, 1.807) is 30.6 Å². The summed E-state index contributed by atoms with van der Waals surface area (Å²) in [5, 5.41) is 2.61. The molecule has 0 atom stereocenters. The largest absolute Gasteiger partial charge is 0.489 e. The van der Waals surface area contributed by atoms with Gasteiger partial charge in [-0.1, -0.05) is 24.3 Å². The van der Waals surface area contributed by atoms with E-state index in [0.29, 0.717) is 12.3 Å². The number of aromatic nitrogens is 1. The van der Waals surface area contributed by atoms with Crippen LogP contribution in [0.2, 0.25) is 0 Å². The summed E-state index contributed by atoms with van der Waals surface area (Å²) in [6, 6.07) is 16.9. The number of amides is 1. The van der Waals surface area contributed by atoms with Gasteiger partial charge in [-0.25, -0.2) is 4.39 Å². The zero-order valence-electron chi connectivity index (χ0n) is 13.9. The summed E-state index contributed by atoms with van der Waals surface area (Å²) in [5.41, 5.74) is 2.26. The molecule has 1 heterocycles. The number of hydrogen-bond donors (Lipinski definition) is 1. The smallest absolute Gasteiger partial charge is 0.248 e. The first-order valence-electron chi connectivity index (χ1n) is 8.05. The normalized spacial score (nSPS) is 10.7. The highest BCUT2D eigenvalue weighted by Gasteiger charge is 2.00. The maximum atomic E-state index is 13.1. The molecule has 4 nitrogen and oxygen atoms in total. The fourth-order valence-corrected chi connectivity index (χ4v) is 2.25. The number of rotatable bonds is 6. The number of ether oxygens (including phenoxy) is 1. The quantitative estimate of drug-likeness (QED) is 0.670. The molecule has 1 N–H and O–H groups in total. The molecule has 0 unspecified atom stereocenters. The van der Waals surface area contributed by atoms with Gasteiger partial charge in [-0.3, -0.25) is 9.78 Å². The van der Waals surface area contributed by atoms with Gasteiger partial charge in [0.05, 0.1) is 0 Å². The molecule has 0 fully saturated rings. The summed E-state index contributed by atoms with van der Waals surface area (Å²) in [4.78, 5) is 15.9. The topological polar surface area (TPSA) is 51.2 Å². The van der Waals surface area contributed by atoms with Crippen LogP contribution in [0.4, 0.5) is 10.1 Å². The molecule has 0 spiro atoms. The first-order valence-corrected chi connectivity index (χ1v) is 8.05. The van der Waals surface area contributed by atoms with E-state index in [0.717, 1.165) is 16.9 Å². The first kappa shape index (κ1) is 17.4. The van der Waals surface area contributed by atoms with Crippen LogP contribution in [0.15, 0.2) is 79.1 Å². The van der Waals surface area contributed by atoms with E-state index in [9.17, 15) is 9.18 Å². The summed E-state index contributed by atoms with van der Waals surface area (Å²) in [6.07, 6.45) is 6.55. The van der Waals surface area contributed by atoms with Crippen molar-refractivity contribution in [2.24, 2.45) is 0 Å².